The van der Waals surface area contributed by atoms with E-state index in [1.807, 2.05) is 0 Å². The minimum atomic E-state index is 0.108. The lowest BCUT2D eigenvalue weighted by Gasteiger charge is -2.29. The van der Waals surface area contributed by atoms with Crippen molar-refractivity contribution in [2.75, 3.05) is 6.61 Å². The first-order valence-corrected chi connectivity index (χ1v) is 5.63. The Balaban J connectivity index is 2.03. The lowest BCUT2D eigenvalue weighted by Crippen LogP contribution is -2.29. The van der Waals surface area contributed by atoms with Gasteiger partial charge in [-0.2, -0.15) is 0 Å². The van der Waals surface area contributed by atoms with Gasteiger partial charge in [-0.05, 0) is 25.7 Å². The Labute approximate surface area is 81.3 Å². The van der Waals surface area contributed by atoms with Crippen LogP contribution in [0.25, 0.3) is 0 Å². The summed E-state index contributed by atoms with van der Waals surface area (Å²) in [4.78, 5) is 0. The summed E-state index contributed by atoms with van der Waals surface area (Å²) < 4.78 is 5.73. The maximum atomic E-state index is 9.07. The van der Waals surface area contributed by atoms with E-state index in [4.69, 9.17) is 9.84 Å². The third kappa shape index (κ3) is 4.10. The Morgan fingerprint density at radius 1 is 1.38 bits per heavy atom. The predicted octanol–water partition coefficient (Wildman–Crippen LogP) is 2.50. The number of aliphatic hydroxyl groups excluding tert-OH is 1. The highest BCUT2D eigenvalue weighted by Crippen LogP contribution is 2.24. The van der Waals surface area contributed by atoms with Crippen molar-refractivity contribution in [2.45, 2.75) is 64.1 Å². The summed E-state index contributed by atoms with van der Waals surface area (Å²) in [5.41, 5.74) is 0. The molecular formula is C11H22O2. The van der Waals surface area contributed by atoms with Gasteiger partial charge in [-0.25, -0.2) is 0 Å². The molecule has 2 heteroatoms. The fraction of sp³-hybridized carbons (Fsp3) is 1.00. The molecule has 1 aliphatic rings. The lowest BCUT2D eigenvalue weighted by atomic mass is 9.96. The Morgan fingerprint density at radius 2 is 2.15 bits per heavy atom. The number of rotatable bonds is 7. The van der Waals surface area contributed by atoms with Gasteiger partial charge in [0.15, 0.2) is 0 Å². The molecule has 0 heterocycles. The molecule has 0 spiro atoms. The van der Waals surface area contributed by atoms with Crippen molar-refractivity contribution in [1.82, 2.24) is 0 Å². The van der Waals surface area contributed by atoms with Gasteiger partial charge in [0.05, 0.1) is 18.8 Å². The molecule has 13 heavy (non-hydrogen) atoms. The number of ether oxygens (including phenoxy) is 1. The number of unbranched alkanes of at least 4 members (excludes halogenated alkanes) is 2. The molecule has 0 saturated heterocycles. The van der Waals surface area contributed by atoms with Crippen LogP contribution in [0.1, 0.15) is 51.9 Å². The number of hydrogen-bond acceptors (Lipinski definition) is 2. The largest absolute Gasteiger partial charge is 0.394 e. The lowest BCUT2D eigenvalue weighted by molar-refractivity contribution is -0.0748. The van der Waals surface area contributed by atoms with Crippen molar-refractivity contribution in [2.24, 2.45) is 0 Å². The maximum Gasteiger partial charge on any atom is 0.0809 e. The summed E-state index contributed by atoms with van der Waals surface area (Å²) in [6.45, 7) is 2.39. The predicted molar refractivity (Wildman–Crippen MR) is 53.7 cm³/mol. The highest BCUT2D eigenvalue weighted by molar-refractivity contribution is 4.71. The highest BCUT2D eigenvalue weighted by Gasteiger charge is 2.21. The van der Waals surface area contributed by atoms with Crippen molar-refractivity contribution in [1.29, 1.82) is 0 Å². The van der Waals surface area contributed by atoms with E-state index in [-0.39, 0.29) is 12.7 Å². The Bertz CT molecular complexity index is 121. The first-order valence-electron chi connectivity index (χ1n) is 5.63. The molecule has 1 saturated carbocycles. The summed E-state index contributed by atoms with van der Waals surface area (Å²) in [6.07, 6.45) is 8.98. The molecule has 1 fully saturated rings. The van der Waals surface area contributed by atoms with E-state index < -0.39 is 0 Å². The zero-order valence-corrected chi connectivity index (χ0v) is 8.67. The van der Waals surface area contributed by atoms with Gasteiger partial charge >= 0.3 is 0 Å². The highest BCUT2D eigenvalue weighted by atomic mass is 16.5. The molecule has 2 nitrogen and oxygen atoms in total. The molecule has 0 aliphatic heterocycles. The fourth-order valence-electron chi connectivity index (χ4n) is 1.60. The van der Waals surface area contributed by atoms with Crippen molar-refractivity contribution in [3.63, 3.8) is 0 Å². The molecule has 1 atom stereocenters. The molecule has 78 valence electrons. The van der Waals surface area contributed by atoms with Crippen LogP contribution >= 0.6 is 0 Å². The molecule has 0 aromatic carbocycles. The van der Waals surface area contributed by atoms with Gasteiger partial charge < -0.3 is 9.84 Å². The summed E-state index contributed by atoms with van der Waals surface area (Å²) >= 11 is 0. The topological polar surface area (TPSA) is 29.5 Å². The van der Waals surface area contributed by atoms with Crippen molar-refractivity contribution in [3.8, 4) is 0 Å². The monoisotopic (exact) mass is 186 g/mol. The van der Waals surface area contributed by atoms with E-state index in [0.29, 0.717) is 6.10 Å². The van der Waals surface area contributed by atoms with Crippen LogP contribution in [0.4, 0.5) is 0 Å². The molecule has 1 rings (SSSR count). The summed E-state index contributed by atoms with van der Waals surface area (Å²) in [7, 11) is 0. The molecule has 0 aromatic heterocycles. The molecule has 1 N–H and O–H groups in total. The van der Waals surface area contributed by atoms with E-state index in [2.05, 4.69) is 6.92 Å². The third-order valence-corrected chi connectivity index (χ3v) is 2.77. The molecule has 0 amide bonds. The minimum absolute atomic E-state index is 0.108. The molecule has 1 aliphatic carbocycles. The van der Waals surface area contributed by atoms with Crippen LogP contribution in [0.5, 0.6) is 0 Å². The Morgan fingerprint density at radius 3 is 2.62 bits per heavy atom. The second-order valence-corrected chi connectivity index (χ2v) is 3.99. The van der Waals surface area contributed by atoms with Gasteiger partial charge in [0.2, 0.25) is 0 Å². The Hall–Kier alpha value is -0.0800. The maximum absolute atomic E-state index is 9.07. The van der Waals surface area contributed by atoms with Crippen LogP contribution < -0.4 is 0 Å². The van der Waals surface area contributed by atoms with Gasteiger partial charge in [0.25, 0.3) is 0 Å². The van der Waals surface area contributed by atoms with Gasteiger partial charge in [0, 0.05) is 0 Å². The van der Waals surface area contributed by atoms with E-state index in [1.165, 1.54) is 38.5 Å². The average molecular weight is 186 g/mol. The minimum Gasteiger partial charge on any atom is -0.394 e. The number of aliphatic hydroxyl groups is 1. The van der Waals surface area contributed by atoms with E-state index in [0.717, 1.165) is 6.42 Å². The van der Waals surface area contributed by atoms with Crippen molar-refractivity contribution in [3.05, 3.63) is 0 Å². The van der Waals surface area contributed by atoms with Crippen LogP contribution in [0.2, 0.25) is 0 Å². The first kappa shape index (κ1) is 11.0. The zero-order valence-electron chi connectivity index (χ0n) is 8.67. The standard InChI is InChI=1S/C11H22O2/c1-2-3-4-6-11(9-12)13-10-7-5-8-10/h10-12H,2-9H2,1H3. The molecule has 1 unspecified atom stereocenters. The Kier molecular flexibility index (Phi) is 5.40. The van der Waals surface area contributed by atoms with E-state index >= 15 is 0 Å². The molecular weight excluding hydrogens is 164 g/mol. The van der Waals surface area contributed by atoms with Gasteiger partial charge in [0.1, 0.15) is 0 Å². The SMILES string of the molecule is CCCCCC(CO)OC1CCC1. The fourth-order valence-corrected chi connectivity index (χ4v) is 1.60. The van der Waals surface area contributed by atoms with Crippen molar-refractivity contribution < 1.29 is 9.84 Å². The summed E-state index contributed by atoms with van der Waals surface area (Å²) in [5.74, 6) is 0. The van der Waals surface area contributed by atoms with E-state index in [1.54, 1.807) is 0 Å². The van der Waals surface area contributed by atoms with E-state index in [9.17, 15) is 0 Å². The van der Waals surface area contributed by atoms with Gasteiger partial charge in [-0.3, -0.25) is 0 Å². The van der Waals surface area contributed by atoms with Crippen LogP contribution in [-0.2, 0) is 4.74 Å². The van der Waals surface area contributed by atoms with Crippen LogP contribution in [-0.4, -0.2) is 23.9 Å². The average Bonchev–Trinajstić information content (AvgIpc) is 2.08. The summed E-state index contributed by atoms with van der Waals surface area (Å²) in [5, 5.41) is 9.07. The first-order chi connectivity index (χ1) is 6.36. The van der Waals surface area contributed by atoms with Gasteiger partial charge in [-0.1, -0.05) is 26.2 Å². The zero-order chi connectivity index (χ0) is 9.52. The summed E-state index contributed by atoms with van der Waals surface area (Å²) in [6, 6.07) is 0. The molecule has 0 aromatic rings. The van der Waals surface area contributed by atoms with Crippen LogP contribution in [0, 0.1) is 0 Å². The second-order valence-electron chi connectivity index (χ2n) is 3.99. The second kappa shape index (κ2) is 6.39. The van der Waals surface area contributed by atoms with Crippen molar-refractivity contribution >= 4 is 0 Å². The smallest absolute Gasteiger partial charge is 0.0809 e. The van der Waals surface area contributed by atoms with Gasteiger partial charge in [-0.15, -0.1) is 0 Å². The number of hydrogen-bond donors (Lipinski definition) is 1. The quantitative estimate of drug-likeness (QED) is 0.619. The van der Waals surface area contributed by atoms with Crippen LogP contribution in [0.15, 0.2) is 0 Å². The molecule has 0 radical (unpaired) electrons. The normalized spacial score (nSPS) is 19.8. The molecule has 0 bridgehead atoms. The van der Waals surface area contributed by atoms with Crippen LogP contribution in [0.3, 0.4) is 0 Å². The third-order valence-electron chi connectivity index (χ3n) is 2.77.